The van der Waals surface area contributed by atoms with Crippen LogP contribution >= 0.6 is 0 Å². The SMILES string of the molecule is N#CCN(CC#N)CCN(CC#N)CCN1CCNC1=O. The Kier molecular flexibility index (Phi) is 7.60. The standard InChI is InChI=1S/C13H19N7O/c14-1-5-18(6-2-15)9-10-19(7-3-16)11-12-20-8-4-17-13(20)21/h4-12H2,(H,17,21). The molecule has 0 aromatic carbocycles. The summed E-state index contributed by atoms with van der Waals surface area (Å²) in [4.78, 5) is 16.8. The van der Waals surface area contributed by atoms with Crippen LogP contribution in [0.2, 0.25) is 0 Å². The van der Waals surface area contributed by atoms with Crippen molar-refractivity contribution in [3.8, 4) is 18.2 Å². The van der Waals surface area contributed by atoms with Gasteiger partial charge in [0.25, 0.3) is 0 Å². The molecule has 0 unspecified atom stereocenters. The second kappa shape index (κ2) is 9.55. The highest BCUT2D eigenvalue weighted by atomic mass is 16.2. The number of hydrogen-bond acceptors (Lipinski definition) is 6. The molecule has 0 aromatic heterocycles. The average molecular weight is 289 g/mol. The Morgan fingerprint density at radius 1 is 1.00 bits per heavy atom. The molecule has 0 aliphatic carbocycles. The van der Waals surface area contributed by atoms with Crippen LogP contribution in [0.3, 0.4) is 0 Å². The second-order valence-electron chi connectivity index (χ2n) is 4.68. The number of nitrogens with zero attached hydrogens (tertiary/aromatic N) is 6. The van der Waals surface area contributed by atoms with E-state index in [1.807, 2.05) is 17.0 Å². The van der Waals surface area contributed by atoms with Gasteiger partial charge in [-0.3, -0.25) is 9.80 Å². The zero-order chi connectivity index (χ0) is 15.5. The highest BCUT2D eigenvalue weighted by Crippen LogP contribution is 1.98. The number of amides is 2. The Bertz CT molecular complexity index is 443. The van der Waals surface area contributed by atoms with Gasteiger partial charge in [-0.2, -0.15) is 15.8 Å². The van der Waals surface area contributed by atoms with Crippen LogP contribution in [-0.4, -0.2) is 79.6 Å². The Morgan fingerprint density at radius 3 is 2.10 bits per heavy atom. The Labute approximate surface area is 124 Å². The molecule has 1 heterocycles. The minimum absolute atomic E-state index is 0.0671. The number of carbonyl (C=O) groups excluding carboxylic acids is 1. The van der Waals surface area contributed by atoms with E-state index in [4.69, 9.17) is 15.8 Å². The van der Waals surface area contributed by atoms with Gasteiger partial charge in [0.1, 0.15) is 0 Å². The fraction of sp³-hybridized carbons (Fsp3) is 0.692. The molecule has 1 N–H and O–H groups in total. The van der Waals surface area contributed by atoms with Crippen LogP contribution in [0.15, 0.2) is 0 Å². The lowest BCUT2D eigenvalue weighted by Gasteiger charge is -2.25. The lowest BCUT2D eigenvalue weighted by atomic mass is 10.4. The molecule has 112 valence electrons. The number of rotatable bonds is 9. The van der Waals surface area contributed by atoms with Gasteiger partial charge in [-0.15, -0.1) is 0 Å². The third kappa shape index (κ3) is 6.09. The van der Waals surface area contributed by atoms with E-state index < -0.39 is 0 Å². The van der Waals surface area contributed by atoms with Gasteiger partial charge in [-0.25, -0.2) is 4.79 Å². The van der Waals surface area contributed by atoms with Crippen LogP contribution in [0.4, 0.5) is 4.79 Å². The molecule has 8 heteroatoms. The first-order chi connectivity index (χ1) is 10.2. The van der Waals surface area contributed by atoms with Gasteiger partial charge < -0.3 is 10.2 Å². The van der Waals surface area contributed by atoms with Crippen molar-refractivity contribution < 1.29 is 4.79 Å². The van der Waals surface area contributed by atoms with E-state index in [1.165, 1.54) is 0 Å². The summed E-state index contributed by atoms with van der Waals surface area (Å²) in [6.45, 7) is 4.33. The summed E-state index contributed by atoms with van der Waals surface area (Å²) in [6, 6.07) is 6.08. The summed E-state index contributed by atoms with van der Waals surface area (Å²) in [5.41, 5.74) is 0. The van der Waals surface area contributed by atoms with Gasteiger partial charge in [-0.05, 0) is 0 Å². The average Bonchev–Trinajstić information content (AvgIpc) is 2.87. The van der Waals surface area contributed by atoms with Crippen molar-refractivity contribution in [2.75, 3.05) is 58.9 Å². The fourth-order valence-corrected chi connectivity index (χ4v) is 2.05. The molecular weight excluding hydrogens is 270 g/mol. The van der Waals surface area contributed by atoms with Crippen LogP contribution < -0.4 is 5.32 Å². The van der Waals surface area contributed by atoms with Crippen molar-refractivity contribution in [3.05, 3.63) is 0 Å². The Hall–Kier alpha value is -2.34. The number of nitrogens with one attached hydrogen (secondary N) is 1. The van der Waals surface area contributed by atoms with Gasteiger partial charge in [0.05, 0.1) is 37.8 Å². The molecule has 1 saturated heterocycles. The van der Waals surface area contributed by atoms with E-state index in [0.717, 1.165) is 0 Å². The lowest BCUT2D eigenvalue weighted by molar-refractivity contribution is 0.198. The molecule has 0 saturated carbocycles. The van der Waals surface area contributed by atoms with Gasteiger partial charge in [0.2, 0.25) is 0 Å². The summed E-state index contributed by atoms with van der Waals surface area (Å²) >= 11 is 0. The molecule has 1 fully saturated rings. The molecule has 0 atom stereocenters. The van der Waals surface area contributed by atoms with E-state index >= 15 is 0 Å². The third-order valence-electron chi connectivity index (χ3n) is 3.25. The second-order valence-corrected chi connectivity index (χ2v) is 4.68. The number of hydrogen-bond donors (Lipinski definition) is 1. The molecule has 21 heavy (non-hydrogen) atoms. The summed E-state index contributed by atoms with van der Waals surface area (Å²) in [6.07, 6.45) is 0. The van der Waals surface area contributed by atoms with Gasteiger partial charge in [-0.1, -0.05) is 0 Å². The van der Waals surface area contributed by atoms with Crippen LogP contribution in [0.1, 0.15) is 0 Å². The van der Waals surface area contributed by atoms with Crippen LogP contribution in [0.5, 0.6) is 0 Å². The minimum atomic E-state index is -0.0671. The van der Waals surface area contributed by atoms with Gasteiger partial charge in [0, 0.05) is 39.3 Å². The number of nitriles is 3. The Balaban J connectivity index is 2.38. The summed E-state index contributed by atoms with van der Waals surface area (Å²) in [5, 5.41) is 29.0. The van der Waals surface area contributed by atoms with E-state index in [-0.39, 0.29) is 25.7 Å². The summed E-state index contributed by atoms with van der Waals surface area (Å²) < 4.78 is 0. The van der Waals surface area contributed by atoms with Crippen molar-refractivity contribution in [1.82, 2.24) is 20.0 Å². The van der Waals surface area contributed by atoms with Gasteiger partial charge >= 0.3 is 6.03 Å². The van der Waals surface area contributed by atoms with Crippen molar-refractivity contribution in [2.45, 2.75) is 0 Å². The molecule has 8 nitrogen and oxygen atoms in total. The first-order valence-corrected chi connectivity index (χ1v) is 6.79. The quantitative estimate of drug-likeness (QED) is 0.556. The van der Waals surface area contributed by atoms with Crippen molar-refractivity contribution >= 4 is 6.03 Å². The maximum atomic E-state index is 11.4. The lowest BCUT2D eigenvalue weighted by Crippen LogP contribution is -2.41. The van der Waals surface area contributed by atoms with Crippen LogP contribution in [-0.2, 0) is 0 Å². The summed E-state index contributed by atoms with van der Waals surface area (Å²) in [7, 11) is 0. The molecule has 0 radical (unpaired) electrons. The van der Waals surface area contributed by atoms with E-state index in [0.29, 0.717) is 39.3 Å². The molecule has 0 spiro atoms. The fourth-order valence-electron chi connectivity index (χ4n) is 2.05. The number of urea groups is 1. The monoisotopic (exact) mass is 289 g/mol. The predicted octanol–water partition coefficient (Wildman–Crippen LogP) is -0.814. The zero-order valence-electron chi connectivity index (χ0n) is 12.0. The highest BCUT2D eigenvalue weighted by Gasteiger charge is 2.19. The number of carbonyl (C=O) groups is 1. The van der Waals surface area contributed by atoms with Crippen molar-refractivity contribution in [1.29, 1.82) is 15.8 Å². The van der Waals surface area contributed by atoms with Crippen molar-refractivity contribution in [3.63, 3.8) is 0 Å². The largest absolute Gasteiger partial charge is 0.336 e. The molecule has 0 bridgehead atoms. The molecule has 2 amide bonds. The molecule has 0 aromatic rings. The van der Waals surface area contributed by atoms with E-state index in [1.54, 1.807) is 9.80 Å². The molecule has 1 aliphatic heterocycles. The van der Waals surface area contributed by atoms with E-state index in [2.05, 4.69) is 11.4 Å². The normalized spacial score (nSPS) is 13.9. The molecular formula is C13H19N7O. The van der Waals surface area contributed by atoms with E-state index in [9.17, 15) is 4.79 Å². The first kappa shape index (κ1) is 16.7. The van der Waals surface area contributed by atoms with Crippen LogP contribution in [0, 0.1) is 34.0 Å². The van der Waals surface area contributed by atoms with Crippen molar-refractivity contribution in [2.24, 2.45) is 0 Å². The minimum Gasteiger partial charge on any atom is -0.336 e. The summed E-state index contributed by atoms with van der Waals surface area (Å²) in [5.74, 6) is 0. The first-order valence-electron chi connectivity index (χ1n) is 6.79. The zero-order valence-corrected chi connectivity index (χ0v) is 12.0. The maximum Gasteiger partial charge on any atom is 0.317 e. The molecule has 1 aliphatic rings. The Morgan fingerprint density at radius 2 is 1.57 bits per heavy atom. The predicted molar refractivity (Wildman–Crippen MR) is 74.7 cm³/mol. The highest BCUT2D eigenvalue weighted by molar-refractivity contribution is 5.76. The molecule has 1 rings (SSSR count). The van der Waals surface area contributed by atoms with Gasteiger partial charge in [0.15, 0.2) is 0 Å². The third-order valence-corrected chi connectivity index (χ3v) is 3.25. The maximum absolute atomic E-state index is 11.4. The topological polar surface area (TPSA) is 110 Å². The smallest absolute Gasteiger partial charge is 0.317 e. The van der Waals surface area contributed by atoms with Crippen LogP contribution in [0.25, 0.3) is 0 Å².